The molecule has 0 aliphatic rings. The van der Waals surface area contributed by atoms with Crippen LogP contribution in [0.15, 0.2) is 36.5 Å². The molecule has 0 unspecified atom stereocenters. The zero-order valence-corrected chi connectivity index (χ0v) is 9.47. The van der Waals surface area contributed by atoms with Crippen molar-refractivity contribution in [2.24, 2.45) is 0 Å². The zero-order valence-electron chi connectivity index (χ0n) is 9.47. The van der Waals surface area contributed by atoms with Crippen LogP contribution >= 0.6 is 0 Å². The first-order chi connectivity index (χ1) is 7.68. The van der Waals surface area contributed by atoms with E-state index in [9.17, 15) is 4.79 Å². The Morgan fingerprint density at radius 2 is 2.00 bits per heavy atom. The molecular weight excluding hydrogens is 200 g/mol. The van der Waals surface area contributed by atoms with Gasteiger partial charge in [-0.05, 0) is 26.2 Å². The number of likely N-dealkylation sites (N-methyl/N-ethyl adjacent to an activating group) is 1. The number of para-hydroxylation sites is 1. The monoisotopic (exact) mass is 214 g/mol. The molecule has 0 fully saturated rings. The minimum atomic E-state index is 0.106. The highest BCUT2D eigenvalue weighted by atomic mass is 16.1. The fraction of sp³-hybridized carbons (Fsp3) is 0.231. The van der Waals surface area contributed by atoms with E-state index in [0.717, 1.165) is 10.9 Å². The lowest BCUT2D eigenvalue weighted by atomic mass is 10.1. The van der Waals surface area contributed by atoms with Crippen LogP contribution in [0.25, 0.3) is 10.9 Å². The van der Waals surface area contributed by atoms with Gasteiger partial charge >= 0.3 is 0 Å². The molecule has 0 atom stereocenters. The van der Waals surface area contributed by atoms with Crippen LogP contribution in [0.3, 0.4) is 0 Å². The molecule has 1 heterocycles. The summed E-state index contributed by atoms with van der Waals surface area (Å²) in [4.78, 5) is 18.1. The van der Waals surface area contributed by atoms with Crippen LogP contribution in [-0.4, -0.2) is 36.3 Å². The molecule has 0 saturated heterocycles. The predicted molar refractivity (Wildman–Crippen MR) is 64.6 cm³/mol. The average molecular weight is 214 g/mol. The third-order valence-electron chi connectivity index (χ3n) is 2.39. The van der Waals surface area contributed by atoms with Gasteiger partial charge in [-0.25, -0.2) is 0 Å². The summed E-state index contributed by atoms with van der Waals surface area (Å²) in [6.07, 6.45) is 1.72. The number of fused-ring (bicyclic) bond motifs is 1. The molecule has 1 aromatic heterocycles. The molecule has 16 heavy (non-hydrogen) atoms. The maximum absolute atomic E-state index is 12.0. The van der Waals surface area contributed by atoms with E-state index >= 15 is 0 Å². The van der Waals surface area contributed by atoms with Crippen LogP contribution in [0, 0.1) is 0 Å². The molecule has 0 N–H and O–H groups in total. The lowest BCUT2D eigenvalue weighted by Gasteiger charge is -2.09. The Morgan fingerprint density at radius 1 is 1.25 bits per heavy atom. The van der Waals surface area contributed by atoms with Gasteiger partial charge in [0.05, 0.1) is 12.1 Å². The molecule has 3 heteroatoms. The number of aromatic nitrogens is 1. The third kappa shape index (κ3) is 2.09. The van der Waals surface area contributed by atoms with Crippen molar-refractivity contribution in [2.75, 3.05) is 20.6 Å². The highest BCUT2D eigenvalue weighted by molar-refractivity contribution is 6.07. The first-order valence-corrected chi connectivity index (χ1v) is 5.20. The second-order valence-electron chi connectivity index (χ2n) is 4.04. The van der Waals surface area contributed by atoms with Crippen molar-refractivity contribution in [3.8, 4) is 0 Å². The van der Waals surface area contributed by atoms with E-state index in [1.807, 2.05) is 49.3 Å². The Labute approximate surface area is 94.7 Å². The smallest absolute Gasteiger partial charge is 0.178 e. The van der Waals surface area contributed by atoms with Gasteiger partial charge < -0.3 is 4.90 Å². The number of nitrogens with zero attached hydrogens (tertiary/aromatic N) is 2. The standard InChI is InChI=1S/C13H14N2O/c1-15(2)9-12(16)11-7-3-5-10-6-4-8-14-13(10)11/h3-8H,9H2,1-2H3. The summed E-state index contributed by atoms with van der Waals surface area (Å²) in [6, 6.07) is 9.54. The summed E-state index contributed by atoms with van der Waals surface area (Å²) >= 11 is 0. The molecule has 1 aromatic carbocycles. The maximum atomic E-state index is 12.0. The van der Waals surface area contributed by atoms with E-state index in [4.69, 9.17) is 0 Å². The third-order valence-corrected chi connectivity index (χ3v) is 2.39. The van der Waals surface area contributed by atoms with Gasteiger partial charge in [-0.3, -0.25) is 9.78 Å². The summed E-state index contributed by atoms with van der Waals surface area (Å²) in [5.74, 6) is 0.106. The number of benzene rings is 1. The van der Waals surface area contributed by atoms with E-state index in [1.165, 1.54) is 0 Å². The quantitative estimate of drug-likeness (QED) is 0.732. The number of carbonyl (C=O) groups is 1. The molecule has 82 valence electrons. The summed E-state index contributed by atoms with van der Waals surface area (Å²) in [5, 5.41) is 1.01. The Bertz CT molecular complexity index is 515. The zero-order chi connectivity index (χ0) is 11.5. The molecule has 2 rings (SSSR count). The lowest BCUT2D eigenvalue weighted by molar-refractivity contribution is 0.0959. The Kier molecular flexibility index (Phi) is 2.97. The van der Waals surface area contributed by atoms with Gasteiger partial charge in [0.1, 0.15) is 0 Å². The van der Waals surface area contributed by atoms with E-state index in [-0.39, 0.29) is 5.78 Å². The van der Waals surface area contributed by atoms with Crippen molar-refractivity contribution >= 4 is 16.7 Å². The molecule has 0 aliphatic heterocycles. The molecular formula is C13H14N2O. The van der Waals surface area contributed by atoms with Crippen molar-refractivity contribution in [3.63, 3.8) is 0 Å². The SMILES string of the molecule is CN(C)CC(=O)c1cccc2cccnc12. The molecule has 2 aromatic rings. The average Bonchev–Trinajstić information content (AvgIpc) is 2.27. The fourth-order valence-electron chi connectivity index (χ4n) is 1.70. The molecule has 3 nitrogen and oxygen atoms in total. The Balaban J connectivity index is 2.48. The fourth-order valence-corrected chi connectivity index (χ4v) is 1.70. The largest absolute Gasteiger partial charge is 0.302 e. The van der Waals surface area contributed by atoms with E-state index in [1.54, 1.807) is 6.20 Å². The van der Waals surface area contributed by atoms with Crippen molar-refractivity contribution < 1.29 is 4.79 Å². The van der Waals surface area contributed by atoms with Crippen LogP contribution in [-0.2, 0) is 0 Å². The maximum Gasteiger partial charge on any atom is 0.178 e. The lowest BCUT2D eigenvalue weighted by Crippen LogP contribution is -2.21. The number of hydrogen-bond acceptors (Lipinski definition) is 3. The van der Waals surface area contributed by atoms with Gasteiger partial charge in [0.2, 0.25) is 0 Å². The van der Waals surface area contributed by atoms with Crippen LogP contribution in [0.5, 0.6) is 0 Å². The first-order valence-electron chi connectivity index (χ1n) is 5.20. The van der Waals surface area contributed by atoms with Crippen molar-refractivity contribution in [2.45, 2.75) is 0 Å². The van der Waals surface area contributed by atoms with Crippen molar-refractivity contribution in [1.29, 1.82) is 0 Å². The molecule has 0 radical (unpaired) electrons. The Hall–Kier alpha value is -1.74. The number of ketones is 1. The molecule has 0 amide bonds. The Morgan fingerprint density at radius 3 is 2.75 bits per heavy atom. The van der Waals surface area contributed by atoms with Crippen LogP contribution in [0.4, 0.5) is 0 Å². The van der Waals surface area contributed by atoms with Gasteiger partial charge in [-0.1, -0.05) is 18.2 Å². The number of Topliss-reactive ketones (excluding diaryl/α,β-unsaturated/α-hetero) is 1. The van der Waals surface area contributed by atoms with E-state index in [2.05, 4.69) is 4.98 Å². The van der Waals surface area contributed by atoms with Gasteiger partial charge in [-0.2, -0.15) is 0 Å². The topological polar surface area (TPSA) is 33.2 Å². The number of carbonyl (C=O) groups excluding carboxylic acids is 1. The summed E-state index contributed by atoms with van der Waals surface area (Å²) in [5.41, 5.74) is 1.49. The first kappa shape index (κ1) is 10.8. The number of hydrogen-bond donors (Lipinski definition) is 0. The molecule has 0 aliphatic carbocycles. The van der Waals surface area contributed by atoms with Gasteiger partial charge in [0, 0.05) is 17.1 Å². The predicted octanol–water partition coefficient (Wildman–Crippen LogP) is 1.98. The normalized spacial score (nSPS) is 10.9. The number of rotatable bonds is 3. The summed E-state index contributed by atoms with van der Waals surface area (Å²) < 4.78 is 0. The summed E-state index contributed by atoms with van der Waals surface area (Å²) in [6.45, 7) is 0.412. The van der Waals surface area contributed by atoms with Gasteiger partial charge in [-0.15, -0.1) is 0 Å². The van der Waals surface area contributed by atoms with Crippen LogP contribution in [0.1, 0.15) is 10.4 Å². The molecule has 0 saturated carbocycles. The van der Waals surface area contributed by atoms with Crippen LogP contribution in [0.2, 0.25) is 0 Å². The highest BCUT2D eigenvalue weighted by Gasteiger charge is 2.11. The van der Waals surface area contributed by atoms with Crippen LogP contribution < -0.4 is 0 Å². The van der Waals surface area contributed by atoms with Gasteiger partial charge in [0.25, 0.3) is 0 Å². The number of pyridine rings is 1. The van der Waals surface area contributed by atoms with E-state index < -0.39 is 0 Å². The second-order valence-corrected chi connectivity index (χ2v) is 4.04. The highest BCUT2D eigenvalue weighted by Crippen LogP contribution is 2.16. The van der Waals surface area contributed by atoms with Crippen molar-refractivity contribution in [1.82, 2.24) is 9.88 Å². The molecule has 0 spiro atoms. The second kappa shape index (κ2) is 4.41. The van der Waals surface area contributed by atoms with Gasteiger partial charge in [0.15, 0.2) is 5.78 Å². The minimum Gasteiger partial charge on any atom is -0.302 e. The molecule has 0 bridgehead atoms. The summed E-state index contributed by atoms with van der Waals surface area (Å²) in [7, 11) is 3.77. The van der Waals surface area contributed by atoms with E-state index in [0.29, 0.717) is 12.1 Å². The minimum absolute atomic E-state index is 0.106. The van der Waals surface area contributed by atoms with Crippen molar-refractivity contribution in [3.05, 3.63) is 42.1 Å².